The highest BCUT2D eigenvalue weighted by Gasteiger charge is 2.10. The summed E-state index contributed by atoms with van der Waals surface area (Å²) in [5.74, 6) is -0.206. The van der Waals surface area contributed by atoms with Gasteiger partial charge in [-0.05, 0) is 6.92 Å². The maximum atomic E-state index is 10.7. The molecule has 0 aromatic carbocycles. The minimum Gasteiger partial charge on any atom is -0.369 e. The van der Waals surface area contributed by atoms with Crippen LogP contribution in [0.5, 0.6) is 0 Å². The lowest BCUT2D eigenvalue weighted by Crippen LogP contribution is -2.26. The zero-order chi connectivity index (χ0) is 8.85. The molecule has 0 fully saturated rings. The van der Waals surface area contributed by atoms with E-state index < -0.39 is 0 Å². The molecule has 0 saturated carbocycles. The number of carbonyl (C=O) groups excluding carboxylic acids is 2. The van der Waals surface area contributed by atoms with Crippen LogP contribution in [0, 0.1) is 0 Å². The fraction of sp³-hybridized carbons (Fsp3) is 0.667. The van der Waals surface area contributed by atoms with Gasteiger partial charge in [-0.2, -0.15) is 0 Å². The average molecular weight is 176 g/mol. The summed E-state index contributed by atoms with van der Waals surface area (Å²) in [5, 5.41) is 2.15. The lowest BCUT2D eigenvalue weighted by atomic mass is 10.5. The van der Waals surface area contributed by atoms with Crippen LogP contribution in [0.4, 0.5) is 0 Å². The van der Waals surface area contributed by atoms with E-state index in [9.17, 15) is 9.59 Å². The maximum absolute atomic E-state index is 10.7. The molecule has 64 valence electrons. The average Bonchev–Trinajstić information content (AvgIpc) is 1.99. The normalized spacial score (nSPS) is 12.2. The summed E-state index contributed by atoms with van der Waals surface area (Å²) in [6, 6.07) is 0. The Kier molecular flexibility index (Phi) is 4.69. The third-order valence-corrected chi connectivity index (χ3v) is 2.31. The molecule has 5 heteroatoms. The molecule has 0 aliphatic carbocycles. The van der Waals surface area contributed by atoms with Crippen LogP contribution in [-0.2, 0) is 9.59 Å². The van der Waals surface area contributed by atoms with Crippen molar-refractivity contribution in [1.82, 2.24) is 5.32 Å². The van der Waals surface area contributed by atoms with Crippen molar-refractivity contribution in [1.29, 1.82) is 0 Å². The van der Waals surface area contributed by atoms with Crippen molar-refractivity contribution in [2.24, 2.45) is 5.73 Å². The molecule has 0 saturated heterocycles. The Labute approximate surface area is 69.9 Å². The molecule has 0 radical (unpaired) electrons. The molecule has 1 unspecified atom stereocenters. The third kappa shape index (κ3) is 4.66. The van der Waals surface area contributed by atoms with Crippen LogP contribution in [0.2, 0.25) is 0 Å². The first-order chi connectivity index (χ1) is 5.07. The Bertz CT molecular complexity index is 161. The van der Waals surface area contributed by atoms with Crippen LogP contribution >= 0.6 is 11.8 Å². The first kappa shape index (κ1) is 10.3. The van der Waals surface area contributed by atoms with E-state index in [1.165, 1.54) is 11.8 Å². The molecule has 4 nitrogen and oxygen atoms in total. The summed E-state index contributed by atoms with van der Waals surface area (Å²) in [4.78, 5) is 21.1. The molecule has 0 rings (SSSR count). The van der Waals surface area contributed by atoms with Gasteiger partial charge in [-0.1, -0.05) is 0 Å². The largest absolute Gasteiger partial charge is 0.369 e. The molecule has 0 aromatic rings. The van der Waals surface area contributed by atoms with E-state index in [-0.39, 0.29) is 22.8 Å². The topological polar surface area (TPSA) is 72.2 Å². The molecule has 0 heterocycles. The molecule has 0 aliphatic heterocycles. The van der Waals surface area contributed by atoms with E-state index in [0.717, 1.165) is 0 Å². The predicted molar refractivity (Wildman–Crippen MR) is 45.2 cm³/mol. The van der Waals surface area contributed by atoms with Crippen molar-refractivity contribution < 1.29 is 9.59 Å². The van der Waals surface area contributed by atoms with Gasteiger partial charge in [-0.15, -0.1) is 11.8 Å². The Hall–Kier alpha value is -0.710. The SMILES string of the molecule is CNC(=O)CSC(C)C(N)=O. The molecular weight excluding hydrogens is 164 g/mol. The van der Waals surface area contributed by atoms with Gasteiger partial charge in [-0.3, -0.25) is 9.59 Å². The van der Waals surface area contributed by atoms with Crippen molar-refractivity contribution in [2.45, 2.75) is 12.2 Å². The van der Waals surface area contributed by atoms with E-state index in [1.807, 2.05) is 0 Å². The van der Waals surface area contributed by atoms with Gasteiger partial charge in [-0.25, -0.2) is 0 Å². The number of hydrogen-bond donors (Lipinski definition) is 2. The molecule has 11 heavy (non-hydrogen) atoms. The second-order valence-corrected chi connectivity index (χ2v) is 3.36. The highest BCUT2D eigenvalue weighted by atomic mass is 32.2. The summed E-state index contributed by atoms with van der Waals surface area (Å²) < 4.78 is 0. The summed E-state index contributed by atoms with van der Waals surface area (Å²) in [6.45, 7) is 1.68. The molecule has 0 aliphatic rings. The number of hydrogen-bond acceptors (Lipinski definition) is 3. The number of rotatable bonds is 4. The number of nitrogens with one attached hydrogen (secondary N) is 1. The lowest BCUT2D eigenvalue weighted by Gasteiger charge is -2.04. The van der Waals surface area contributed by atoms with E-state index in [1.54, 1.807) is 14.0 Å². The molecule has 1 atom stereocenters. The van der Waals surface area contributed by atoms with E-state index in [0.29, 0.717) is 0 Å². The van der Waals surface area contributed by atoms with E-state index in [2.05, 4.69) is 5.32 Å². The van der Waals surface area contributed by atoms with Crippen LogP contribution in [0.1, 0.15) is 6.92 Å². The van der Waals surface area contributed by atoms with Gasteiger partial charge >= 0.3 is 0 Å². The Morgan fingerprint density at radius 2 is 2.18 bits per heavy atom. The van der Waals surface area contributed by atoms with Crippen LogP contribution in [0.3, 0.4) is 0 Å². The van der Waals surface area contributed by atoms with Crippen molar-refractivity contribution in [3.8, 4) is 0 Å². The van der Waals surface area contributed by atoms with Crippen LogP contribution < -0.4 is 11.1 Å². The van der Waals surface area contributed by atoms with Crippen LogP contribution in [0.25, 0.3) is 0 Å². The van der Waals surface area contributed by atoms with Crippen molar-refractivity contribution in [3.05, 3.63) is 0 Å². The number of amides is 2. The van der Waals surface area contributed by atoms with Crippen molar-refractivity contribution >= 4 is 23.6 Å². The summed E-state index contributed by atoms with van der Waals surface area (Å²) in [5.41, 5.74) is 4.97. The van der Waals surface area contributed by atoms with E-state index in [4.69, 9.17) is 5.73 Å². The molecule has 0 bridgehead atoms. The zero-order valence-corrected chi connectivity index (χ0v) is 7.40. The number of nitrogens with two attached hydrogens (primary N) is 1. The van der Waals surface area contributed by atoms with Gasteiger partial charge in [0, 0.05) is 7.05 Å². The second kappa shape index (κ2) is 5.01. The van der Waals surface area contributed by atoms with Crippen LogP contribution in [0.15, 0.2) is 0 Å². The standard InChI is InChI=1S/C6H12N2O2S/c1-4(6(7)10)11-3-5(9)8-2/h4H,3H2,1-2H3,(H2,7,10)(H,8,9). The highest BCUT2D eigenvalue weighted by Crippen LogP contribution is 2.08. The number of carbonyl (C=O) groups is 2. The van der Waals surface area contributed by atoms with Crippen molar-refractivity contribution in [3.63, 3.8) is 0 Å². The minimum atomic E-state index is -0.390. The highest BCUT2D eigenvalue weighted by molar-refractivity contribution is 8.01. The fourth-order valence-electron chi connectivity index (χ4n) is 0.355. The number of primary amides is 1. The Morgan fingerprint density at radius 3 is 2.55 bits per heavy atom. The monoisotopic (exact) mass is 176 g/mol. The molecule has 0 spiro atoms. The maximum Gasteiger partial charge on any atom is 0.230 e. The molecular formula is C6H12N2O2S. The number of thioether (sulfide) groups is 1. The quantitative estimate of drug-likeness (QED) is 0.597. The zero-order valence-electron chi connectivity index (χ0n) is 6.59. The molecule has 3 N–H and O–H groups in total. The smallest absolute Gasteiger partial charge is 0.230 e. The Balaban J connectivity index is 3.54. The van der Waals surface area contributed by atoms with Gasteiger partial charge in [0.2, 0.25) is 11.8 Å². The van der Waals surface area contributed by atoms with Crippen LogP contribution in [-0.4, -0.2) is 29.9 Å². The molecule has 0 aromatic heterocycles. The Morgan fingerprint density at radius 1 is 1.64 bits per heavy atom. The van der Waals surface area contributed by atoms with Gasteiger partial charge in [0.1, 0.15) is 0 Å². The minimum absolute atomic E-state index is 0.0944. The summed E-state index contributed by atoms with van der Waals surface area (Å²) in [7, 11) is 1.55. The third-order valence-electron chi connectivity index (χ3n) is 1.14. The van der Waals surface area contributed by atoms with Gasteiger partial charge in [0.25, 0.3) is 0 Å². The summed E-state index contributed by atoms with van der Waals surface area (Å²) >= 11 is 1.23. The van der Waals surface area contributed by atoms with E-state index >= 15 is 0 Å². The van der Waals surface area contributed by atoms with Gasteiger partial charge < -0.3 is 11.1 Å². The lowest BCUT2D eigenvalue weighted by molar-refractivity contribution is -0.118. The van der Waals surface area contributed by atoms with Gasteiger partial charge in [0.15, 0.2) is 0 Å². The first-order valence-corrected chi connectivity index (χ1v) is 4.24. The predicted octanol–water partition coefficient (Wildman–Crippen LogP) is -0.661. The van der Waals surface area contributed by atoms with Gasteiger partial charge in [0.05, 0.1) is 11.0 Å². The van der Waals surface area contributed by atoms with Crippen molar-refractivity contribution in [2.75, 3.05) is 12.8 Å². The summed E-state index contributed by atoms with van der Waals surface area (Å²) in [6.07, 6.45) is 0. The fourth-order valence-corrected chi connectivity index (χ4v) is 1.06. The second-order valence-electron chi connectivity index (χ2n) is 2.03. The molecule has 2 amide bonds. The first-order valence-electron chi connectivity index (χ1n) is 3.19.